The van der Waals surface area contributed by atoms with Crippen molar-refractivity contribution in [3.8, 4) is 0 Å². The molecule has 0 atom stereocenters. The molecule has 1 N–H and O–H groups in total. The molecule has 0 saturated heterocycles. The number of benzene rings is 1. The van der Waals surface area contributed by atoms with Crippen LogP contribution in [0.4, 0.5) is 13.2 Å². The lowest BCUT2D eigenvalue weighted by Gasteiger charge is -2.23. The highest BCUT2D eigenvalue weighted by Crippen LogP contribution is 2.17. The second-order valence-electron chi connectivity index (χ2n) is 4.14. The van der Waals surface area contributed by atoms with Gasteiger partial charge in [-0.25, -0.2) is 0 Å². The van der Waals surface area contributed by atoms with E-state index in [4.69, 9.17) is 5.11 Å². The molecule has 1 aromatic carbocycles. The molecule has 0 aliphatic heterocycles. The number of hydrogen-bond acceptors (Lipinski definition) is 2. The van der Waals surface area contributed by atoms with Crippen molar-refractivity contribution in [1.82, 2.24) is 4.90 Å². The summed E-state index contributed by atoms with van der Waals surface area (Å²) in [7, 11) is 0. The average Bonchev–Trinajstić information content (AvgIpc) is 2.35. The quantitative estimate of drug-likeness (QED) is 0.862. The highest BCUT2D eigenvalue weighted by atomic mass is 19.4. The van der Waals surface area contributed by atoms with E-state index in [-0.39, 0.29) is 13.0 Å². The third kappa shape index (κ3) is 6.24. The molecule has 0 radical (unpaired) electrons. The van der Waals surface area contributed by atoms with E-state index in [9.17, 15) is 18.0 Å². The van der Waals surface area contributed by atoms with E-state index in [0.717, 1.165) is 5.56 Å². The molecule has 0 bridgehead atoms. The van der Waals surface area contributed by atoms with Crippen LogP contribution in [-0.2, 0) is 11.2 Å². The topological polar surface area (TPSA) is 40.5 Å². The number of halogens is 3. The summed E-state index contributed by atoms with van der Waals surface area (Å²) >= 11 is 0. The smallest absolute Gasteiger partial charge is 0.395 e. The summed E-state index contributed by atoms with van der Waals surface area (Å²) < 4.78 is 36.8. The fraction of sp³-hybridized carbons (Fsp3) is 0.462. The van der Waals surface area contributed by atoms with Gasteiger partial charge in [-0.2, -0.15) is 13.2 Å². The molecule has 0 saturated carbocycles. The maximum absolute atomic E-state index is 12.3. The van der Waals surface area contributed by atoms with Crippen LogP contribution in [0.1, 0.15) is 12.0 Å². The third-order valence-corrected chi connectivity index (χ3v) is 2.56. The minimum absolute atomic E-state index is 0.0000926. The van der Waals surface area contributed by atoms with E-state index in [2.05, 4.69) is 0 Å². The molecule has 1 aromatic rings. The summed E-state index contributed by atoms with van der Waals surface area (Å²) in [5.41, 5.74) is 0.895. The third-order valence-electron chi connectivity index (χ3n) is 2.56. The molecule has 19 heavy (non-hydrogen) atoms. The maximum Gasteiger partial charge on any atom is 0.406 e. The SMILES string of the molecule is O=C(CCc1ccccc1)N(CCO)CC(F)(F)F. The number of aliphatic hydroxyl groups is 1. The number of carbonyl (C=O) groups excluding carboxylic acids is 1. The first-order chi connectivity index (χ1) is 8.92. The molecule has 3 nitrogen and oxygen atoms in total. The summed E-state index contributed by atoms with van der Waals surface area (Å²) in [5, 5.41) is 8.71. The lowest BCUT2D eigenvalue weighted by molar-refractivity contribution is -0.162. The van der Waals surface area contributed by atoms with Crippen molar-refractivity contribution in [3.05, 3.63) is 35.9 Å². The van der Waals surface area contributed by atoms with Gasteiger partial charge in [-0.15, -0.1) is 0 Å². The van der Waals surface area contributed by atoms with E-state index in [0.29, 0.717) is 11.3 Å². The van der Waals surface area contributed by atoms with E-state index in [1.54, 1.807) is 12.1 Å². The van der Waals surface area contributed by atoms with Gasteiger partial charge in [0.05, 0.1) is 6.61 Å². The van der Waals surface area contributed by atoms with E-state index >= 15 is 0 Å². The standard InChI is InChI=1S/C13H16F3NO2/c14-13(15,16)10-17(8-9-18)12(19)7-6-11-4-2-1-3-5-11/h1-5,18H,6-10H2. The minimum Gasteiger partial charge on any atom is -0.395 e. The van der Waals surface area contributed by atoms with Gasteiger partial charge in [0.1, 0.15) is 6.54 Å². The van der Waals surface area contributed by atoms with Crippen molar-refractivity contribution < 1.29 is 23.1 Å². The Morgan fingerprint density at radius 1 is 1.21 bits per heavy atom. The van der Waals surface area contributed by atoms with Crippen molar-refractivity contribution in [3.63, 3.8) is 0 Å². The second-order valence-corrected chi connectivity index (χ2v) is 4.14. The fourth-order valence-electron chi connectivity index (χ4n) is 1.68. The van der Waals surface area contributed by atoms with E-state index in [1.807, 2.05) is 18.2 Å². The van der Waals surface area contributed by atoms with Crippen LogP contribution in [0.3, 0.4) is 0 Å². The Hall–Kier alpha value is -1.56. The molecule has 1 amide bonds. The van der Waals surface area contributed by atoms with Gasteiger partial charge in [0.25, 0.3) is 0 Å². The number of nitrogens with zero attached hydrogens (tertiary/aromatic N) is 1. The molecule has 0 aromatic heterocycles. The normalized spacial score (nSPS) is 11.4. The average molecular weight is 275 g/mol. The van der Waals surface area contributed by atoms with Gasteiger partial charge in [-0.1, -0.05) is 30.3 Å². The zero-order valence-electron chi connectivity index (χ0n) is 10.4. The maximum atomic E-state index is 12.3. The lowest BCUT2D eigenvalue weighted by Crippen LogP contribution is -2.40. The van der Waals surface area contributed by atoms with Gasteiger partial charge < -0.3 is 10.0 Å². The monoisotopic (exact) mass is 275 g/mol. The van der Waals surface area contributed by atoms with Crippen molar-refractivity contribution >= 4 is 5.91 Å². The Bertz CT molecular complexity index is 393. The molecule has 0 aliphatic carbocycles. The van der Waals surface area contributed by atoms with E-state index < -0.39 is 25.2 Å². The number of rotatable bonds is 6. The molecule has 0 spiro atoms. The Kier molecular flexibility index (Phi) is 5.82. The summed E-state index contributed by atoms with van der Waals surface area (Å²) in [6, 6.07) is 9.07. The van der Waals surface area contributed by atoms with Crippen LogP contribution in [0.5, 0.6) is 0 Å². The highest BCUT2D eigenvalue weighted by Gasteiger charge is 2.32. The van der Waals surface area contributed by atoms with Crippen LogP contribution in [0.25, 0.3) is 0 Å². The largest absolute Gasteiger partial charge is 0.406 e. The molecule has 106 valence electrons. The van der Waals surface area contributed by atoms with Crippen LogP contribution in [0.15, 0.2) is 30.3 Å². The molecule has 0 unspecified atom stereocenters. The predicted molar refractivity (Wildman–Crippen MR) is 64.5 cm³/mol. The zero-order chi connectivity index (χ0) is 14.3. The van der Waals surface area contributed by atoms with Gasteiger partial charge in [-0.05, 0) is 12.0 Å². The lowest BCUT2D eigenvalue weighted by atomic mass is 10.1. The number of aliphatic hydroxyl groups excluding tert-OH is 1. The van der Waals surface area contributed by atoms with Gasteiger partial charge in [0.2, 0.25) is 5.91 Å². The van der Waals surface area contributed by atoms with Gasteiger partial charge >= 0.3 is 6.18 Å². The van der Waals surface area contributed by atoms with Crippen molar-refractivity contribution in [2.75, 3.05) is 19.7 Å². The number of aryl methyl sites for hydroxylation is 1. The Morgan fingerprint density at radius 3 is 2.37 bits per heavy atom. The number of alkyl halides is 3. The van der Waals surface area contributed by atoms with Crippen LogP contribution >= 0.6 is 0 Å². The molecule has 0 aliphatic rings. The Morgan fingerprint density at radius 2 is 1.84 bits per heavy atom. The molecule has 0 heterocycles. The fourth-order valence-corrected chi connectivity index (χ4v) is 1.68. The predicted octanol–water partition coefficient (Wildman–Crippen LogP) is 2.00. The number of amides is 1. The first-order valence-corrected chi connectivity index (χ1v) is 5.91. The van der Waals surface area contributed by atoms with Crippen LogP contribution < -0.4 is 0 Å². The molecular weight excluding hydrogens is 259 g/mol. The van der Waals surface area contributed by atoms with Crippen LogP contribution in [0.2, 0.25) is 0 Å². The summed E-state index contributed by atoms with van der Waals surface area (Å²) in [4.78, 5) is 12.3. The molecule has 6 heteroatoms. The molecular formula is C13H16F3NO2. The van der Waals surface area contributed by atoms with Gasteiger partial charge in [-0.3, -0.25) is 4.79 Å². The first-order valence-electron chi connectivity index (χ1n) is 5.91. The highest BCUT2D eigenvalue weighted by molar-refractivity contribution is 5.76. The van der Waals surface area contributed by atoms with Crippen molar-refractivity contribution in [2.45, 2.75) is 19.0 Å². The summed E-state index contributed by atoms with van der Waals surface area (Å²) in [5.74, 6) is -0.602. The van der Waals surface area contributed by atoms with E-state index in [1.165, 1.54) is 0 Å². The zero-order valence-corrected chi connectivity index (χ0v) is 10.4. The number of carbonyl (C=O) groups is 1. The minimum atomic E-state index is -4.45. The number of hydrogen-bond donors (Lipinski definition) is 1. The molecule has 1 rings (SSSR count). The Labute approximate surface area is 109 Å². The Balaban J connectivity index is 2.52. The summed E-state index contributed by atoms with van der Waals surface area (Å²) in [6.07, 6.45) is -4.06. The first kappa shape index (κ1) is 15.5. The van der Waals surface area contributed by atoms with Crippen molar-refractivity contribution in [1.29, 1.82) is 0 Å². The molecule has 0 fully saturated rings. The second kappa shape index (κ2) is 7.13. The van der Waals surface area contributed by atoms with Gasteiger partial charge in [0, 0.05) is 13.0 Å². The van der Waals surface area contributed by atoms with Crippen LogP contribution in [-0.4, -0.2) is 41.8 Å². The van der Waals surface area contributed by atoms with Gasteiger partial charge in [0.15, 0.2) is 0 Å². The van der Waals surface area contributed by atoms with Crippen LogP contribution in [0, 0.1) is 0 Å². The van der Waals surface area contributed by atoms with Crippen molar-refractivity contribution in [2.24, 2.45) is 0 Å². The summed E-state index contributed by atoms with van der Waals surface area (Å²) in [6.45, 7) is -2.10.